The average Bonchev–Trinajstić information content (AvgIpc) is 2.92. The zero-order chi connectivity index (χ0) is 18.2. The Morgan fingerprint density at radius 2 is 1.92 bits per heavy atom. The normalized spacial score (nSPS) is 11.7. The predicted octanol–water partition coefficient (Wildman–Crippen LogP) is 4.42. The lowest BCUT2D eigenvalue weighted by Gasteiger charge is -2.12. The fourth-order valence-corrected chi connectivity index (χ4v) is 2.75. The molecule has 25 heavy (non-hydrogen) atoms. The Morgan fingerprint density at radius 3 is 2.56 bits per heavy atom. The number of methoxy groups -OCH3 is 1. The molecule has 2 aromatic carbocycles. The van der Waals surface area contributed by atoms with E-state index in [-0.39, 0.29) is 12.2 Å². The third-order valence-electron chi connectivity index (χ3n) is 3.92. The van der Waals surface area contributed by atoms with Crippen molar-refractivity contribution in [3.63, 3.8) is 0 Å². The summed E-state index contributed by atoms with van der Waals surface area (Å²) in [5.41, 5.74) is 0.210. The first-order valence-electron chi connectivity index (χ1n) is 7.36. The highest BCUT2D eigenvalue weighted by Gasteiger charge is 2.30. The van der Waals surface area contributed by atoms with Crippen molar-refractivity contribution in [3.05, 3.63) is 65.4 Å². The Balaban J connectivity index is 2.09. The van der Waals surface area contributed by atoms with Gasteiger partial charge in [-0.3, -0.25) is 0 Å². The van der Waals surface area contributed by atoms with E-state index in [9.17, 15) is 23.1 Å². The molecule has 0 unspecified atom stereocenters. The van der Waals surface area contributed by atoms with E-state index in [0.717, 1.165) is 12.1 Å². The van der Waals surface area contributed by atoms with E-state index in [1.807, 2.05) is 0 Å². The van der Waals surface area contributed by atoms with Gasteiger partial charge in [0.15, 0.2) is 0 Å². The summed E-state index contributed by atoms with van der Waals surface area (Å²) in [4.78, 5) is 11.5. The van der Waals surface area contributed by atoms with Crippen molar-refractivity contribution in [2.75, 3.05) is 7.11 Å². The molecule has 0 bridgehead atoms. The monoisotopic (exact) mass is 349 g/mol. The van der Waals surface area contributed by atoms with Crippen LogP contribution in [-0.2, 0) is 12.7 Å². The molecule has 0 spiro atoms. The number of fused-ring (bicyclic) bond motifs is 1. The van der Waals surface area contributed by atoms with E-state index in [4.69, 9.17) is 4.74 Å². The molecule has 0 saturated heterocycles. The zero-order valence-electron chi connectivity index (χ0n) is 13.2. The van der Waals surface area contributed by atoms with E-state index in [1.54, 1.807) is 18.2 Å². The molecular formula is C18H14F3NO3. The van der Waals surface area contributed by atoms with Crippen LogP contribution >= 0.6 is 0 Å². The summed E-state index contributed by atoms with van der Waals surface area (Å²) in [7, 11) is 1.50. The van der Waals surface area contributed by atoms with Gasteiger partial charge < -0.3 is 14.4 Å². The molecule has 0 aliphatic carbocycles. The van der Waals surface area contributed by atoms with Gasteiger partial charge in [-0.1, -0.05) is 12.1 Å². The van der Waals surface area contributed by atoms with Crippen molar-refractivity contribution in [1.29, 1.82) is 0 Å². The molecule has 3 rings (SSSR count). The molecule has 130 valence electrons. The van der Waals surface area contributed by atoms with Crippen LogP contribution < -0.4 is 4.74 Å². The van der Waals surface area contributed by atoms with Crippen LogP contribution in [0.25, 0.3) is 10.9 Å². The molecule has 0 saturated carbocycles. The number of benzene rings is 2. The van der Waals surface area contributed by atoms with Crippen molar-refractivity contribution in [2.24, 2.45) is 0 Å². The highest BCUT2D eigenvalue weighted by Crippen LogP contribution is 2.30. The number of nitrogens with zero attached hydrogens (tertiary/aromatic N) is 1. The fourth-order valence-electron chi connectivity index (χ4n) is 2.75. The maximum Gasteiger partial charge on any atom is 0.416 e. The van der Waals surface area contributed by atoms with E-state index in [2.05, 4.69) is 0 Å². The maximum absolute atomic E-state index is 12.9. The smallest absolute Gasteiger partial charge is 0.416 e. The van der Waals surface area contributed by atoms with Gasteiger partial charge in [-0.15, -0.1) is 0 Å². The van der Waals surface area contributed by atoms with Gasteiger partial charge in [-0.25, -0.2) is 4.79 Å². The predicted molar refractivity (Wildman–Crippen MR) is 86.0 cm³/mol. The molecule has 0 amide bonds. The minimum absolute atomic E-state index is 0.000616. The number of carboxylic acids is 1. The number of rotatable bonds is 4. The molecule has 1 N–H and O–H groups in total. The van der Waals surface area contributed by atoms with Crippen LogP contribution in [0.2, 0.25) is 0 Å². The molecule has 0 radical (unpaired) electrons. The van der Waals surface area contributed by atoms with E-state index < -0.39 is 17.7 Å². The largest absolute Gasteiger partial charge is 0.497 e. The molecule has 0 fully saturated rings. The van der Waals surface area contributed by atoms with Crippen LogP contribution in [0, 0.1) is 0 Å². The van der Waals surface area contributed by atoms with E-state index >= 15 is 0 Å². The SMILES string of the molecule is COc1ccc2c(c1)cc(C(=O)O)n2Cc1cccc(C(F)(F)F)c1. The number of carboxylic acid groups (broad SMARTS) is 1. The summed E-state index contributed by atoms with van der Waals surface area (Å²) in [5, 5.41) is 10.1. The molecule has 1 aromatic heterocycles. The Kier molecular flexibility index (Phi) is 4.16. The Bertz CT molecular complexity index is 944. The summed E-state index contributed by atoms with van der Waals surface area (Å²) in [5.74, 6) is -0.581. The van der Waals surface area contributed by atoms with Gasteiger partial charge in [0.1, 0.15) is 11.4 Å². The van der Waals surface area contributed by atoms with Crippen LogP contribution in [0.3, 0.4) is 0 Å². The van der Waals surface area contributed by atoms with Gasteiger partial charge in [-0.05, 0) is 42.0 Å². The lowest BCUT2D eigenvalue weighted by Crippen LogP contribution is -2.10. The first-order valence-corrected chi connectivity index (χ1v) is 7.36. The van der Waals surface area contributed by atoms with Crippen LogP contribution in [0.1, 0.15) is 21.6 Å². The number of halogens is 3. The summed E-state index contributed by atoms with van der Waals surface area (Å²) >= 11 is 0. The zero-order valence-corrected chi connectivity index (χ0v) is 13.2. The topological polar surface area (TPSA) is 51.5 Å². The summed E-state index contributed by atoms with van der Waals surface area (Å²) in [6.07, 6.45) is -4.45. The number of ether oxygens (including phenoxy) is 1. The van der Waals surface area contributed by atoms with Crippen molar-refractivity contribution < 1.29 is 27.8 Å². The summed E-state index contributed by atoms with van der Waals surface area (Å²) < 4.78 is 45.2. The molecule has 0 aliphatic heterocycles. The van der Waals surface area contributed by atoms with Gasteiger partial charge in [0, 0.05) is 17.4 Å². The Labute approximate surface area is 141 Å². The highest BCUT2D eigenvalue weighted by molar-refractivity contribution is 5.95. The first-order chi connectivity index (χ1) is 11.8. The number of hydrogen-bond donors (Lipinski definition) is 1. The summed E-state index contributed by atoms with van der Waals surface area (Å²) in [6.45, 7) is 0.0153. The Hall–Kier alpha value is -2.96. The highest BCUT2D eigenvalue weighted by atomic mass is 19.4. The van der Waals surface area contributed by atoms with E-state index in [1.165, 1.54) is 29.9 Å². The number of alkyl halides is 3. The molecule has 3 aromatic rings. The number of hydrogen-bond acceptors (Lipinski definition) is 2. The molecule has 4 nitrogen and oxygen atoms in total. The molecule has 0 aliphatic rings. The molecule has 1 heterocycles. The second-order valence-corrected chi connectivity index (χ2v) is 5.54. The maximum atomic E-state index is 12.9. The van der Waals surface area contributed by atoms with Crippen molar-refractivity contribution >= 4 is 16.9 Å². The minimum Gasteiger partial charge on any atom is -0.497 e. The number of aromatic carboxylic acids is 1. The van der Waals surface area contributed by atoms with E-state index in [0.29, 0.717) is 22.2 Å². The third kappa shape index (κ3) is 3.31. The molecule has 0 atom stereocenters. The second-order valence-electron chi connectivity index (χ2n) is 5.54. The van der Waals surface area contributed by atoms with Gasteiger partial charge in [0.2, 0.25) is 0 Å². The van der Waals surface area contributed by atoms with Crippen LogP contribution in [0.5, 0.6) is 5.75 Å². The van der Waals surface area contributed by atoms with Gasteiger partial charge >= 0.3 is 12.1 Å². The van der Waals surface area contributed by atoms with Gasteiger partial charge in [-0.2, -0.15) is 13.2 Å². The summed E-state index contributed by atoms with van der Waals surface area (Å²) in [6, 6.07) is 11.4. The number of aromatic nitrogens is 1. The fraction of sp³-hybridized carbons (Fsp3) is 0.167. The minimum atomic E-state index is -4.45. The first kappa shape index (κ1) is 16.9. The lowest BCUT2D eigenvalue weighted by molar-refractivity contribution is -0.137. The lowest BCUT2D eigenvalue weighted by atomic mass is 10.1. The number of carbonyl (C=O) groups is 1. The average molecular weight is 349 g/mol. The third-order valence-corrected chi connectivity index (χ3v) is 3.92. The molecule has 7 heteroatoms. The second kappa shape index (κ2) is 6.16. The van der Waals surface area contributed by atoms with Crippen molar-refractivity contribution in [1.82, 2.24) is 4.57 Å². The van der Waals surface area contributed by atoms with Gasteiger partial charge in [0.25, 0.3) is 0 Å². The van der Waals surface area contributed by atoms with Crippen LogP contribution in [-0.4, -0.2) is 22.8 Å². The van der Waals surface area contributed by atoms with Crippen LogP contribution in [0.15, 0.2) is 48.5 Å². The Morgan fingerprint density at radius 1 is 1.16 bits per heavy atom. The van der Waals surface area contributed by atoms with Crippen LogP contribution in [0.4, 0.5) is 13.2 Å². The molecular weight excluding hydrogens is 335 g/mol. The van der Waals surface area contributed by atoms with Crippen molar-refractivity contribution in [3.8, 4) is 5.75 Å². The van der Waals surface area contributed by atoms with Gasteiger partial charge in [0.05, 0.1) is 12.7 Å². The standard InChI is InChI=1S/C18H14F3NO3/c1-25-14-5-6-15-12(8-14)9-16(17(23)24)22(15)10-11-3-2-4-13(7-11)18(19,20)21/h2-9H,10H2,1H3,(H,23,24). The quantitative estimate of drug-likeness (QED) is 0.759. The van der Waals surface area contributed by atoms with Crippen molar-refractivity contribution in [2.45, 2.75) is 12.7 Å².